The van der Waals surface area contributed by atoms with Gasteiger partial charge < -0.3 is 9.64 Å². The van der Waals surface area contributed by atoms with Gasteiger partial charge in [-0.2, -0.15) is 0 Å². The highest BCUT2D eigenvalue weighted by Crippen LogP contribution is 2.26. The van der Waals surface area contributed by atoms with Crippen molar-refractivity contribution in [2.24, 2.45) is 0 Å². The smallest absolute Gasteiger partial charge is 0.214 e. The molecule has 1 atom stereocenters. The van der Waals surface area contributed by atoms with Gasteiger partial charge in [0.25, 0.3) is 0 Å². The van der Waals surface area contributed by atoms with Gasteiger partial charge in [-0.15, -0.1) is 11.6 Å². The summed E-state index contributed by atoms with van der Waals surface area (Å²) < 4.78 is 6.01. The number of likely N-dealkylation sites (tertiary alicyclic amines) is 1. The molecule has 0 amide bonds. The molecule has 3 nitrogen and oxygen atoms in total. The van der Waals surface area contributed by atoms with E-state index in [0.29, 0.717) is 11.8 Å². The molecule has 0 aliphatic carbocycles. The van der Waals surface area contributed by atoms with Crippen LogP contribution in [0.5, 0.6) is 5.88 Å². The highest BCUT2D eigenvalue weighted by molar-refractivity contribution is 6.17. The fourth-order valence-corrected chi connectivity index (χ4v) is 2.40. The van der Waals surface area contributed by atoms with Crippen LogP contribution < -0.4 is 4.74 Å². The van der Waals surface area contributed by atoms with Crippen molar-refractivity contribution in [3.63, 3.8) is 0 Å². The van der Waals surface area contributed by atoms with Crippen LogP contribution in [-0.2, 0) is 11.3 Å². The Bertz CT molecular complexity index is 442. The summed E-state index contributed by atoms with van der Waals surface area (Å²) in [6, 6.07) is 4.03. The summed E-state index contributed by atoms with van der Waals surface area (Å²) >= 11 is 5.97. The minimum Gasteiger partial charge on any atom is -0.473 e. The first-order valence-corrected chi connectivity index (χ1v) is 7.34. The molecule has 1 aliphatic rings. The monoisotopic (exact) mass is 282 g/mol. The Morgan fingerprint density at radius 3 is 2.68 bits per heavy atom. The van der Waals surface area contributed by atoms with Gasteiger partial charge in [0.15, 0.2) is 0 Å². The highest BCUT2D eigenvalue weighted by Gasteiger charge is 2.23. The lowest BCUT2D eigenvalue weighted by Gasteiger charge is -2.21. The first-order valence-electron chi connectivity index (χ1n) is 6.81. The van der Waals surface area contributed by atoms with E-state index in [0.717, 1.165) is 30.8 Å². The highest BCUT2D eigenvalue weighted by atomic mass is 35.5. The lowest BCUT2D eigenvalue weighted by atomic mass is 9.91. The lowest BCUT2D eigenvalue weighted by Crippen LogP contribution is -2.22. The number of hydrogen-bond acceptors (Lipinski definition) is 3. The van der Waals surface area contributed by atoms with Crippen molar-refractivity contribution < 1.29 is 4.74 Å². The zero-order valence-electron chi connectivity index (χ0n) is 12.2. The van der Waals surface area contributed by atoms with Crippen LogP contribution in [0.1, 0.15) is 38.4 Å². The van der Waals surface area contributed by atoms with Crippen molar-refractivity contribution in [2.75, 3.05) is 20.1 Å². The molecule has 4 heteroatoms. The predicted octanol–water partition coefficient (Wildman–Crippen LogP) is 3.20. The van der Waals surface area contributed by atoms with Crippen LogP contribution in [0.25, 0.3) is 0 Å². The summed E-state index contributed by atoms with van der Waals surface area (Å²) in [4.78, 5) is 6.92. The summed E-state index contributed by atoms with van der Waals surface area (Å²) in [6.07, 6.45) is 1.31. The van der Waals surface area contributed by atoms with E-state index in [4.69, 9.17) is 16.3 Å². The Morgan fingerprint density at radius 1 is 1.42 bits per heavy atom. The number of hydrogen-bond donors (Lipinski definition) is 0. The van der Waals surface area contributed by atoms with E-state index in [-0.39, 0.29) is 11.5 Å². The molecule has 0 N–H and O–H groups in total. The fourth-order valence-electron chi connectivity index (χ4n) is 2.24. The van der Waals surface area contributed by atoms with E-state index < -0.39 is 0 Å². The third-order valence-electron chi connectivity index (χ3n) is 3.42. The van der Waals surface area contributed by atoms with Gasteiger partial charge in [-0.25, -0.2) is 4.98 Å². The number of likely N-dealkylation sites (N-methyl/N-ethyl adjacent to an activating group) is 1. The molecule has 1 unspecified atom stereocenters. The average molecular weight is 283 g/mol. The minimum absolute atomic E-state index is 0.00659. The second kappa shape index (κ2) is 5.68. The molecule has 106 valence electrons. The predicted molar refractivity (Wildman–Crippen MR) is 79.0 cm³/mol. The zero-order valence-corrected chi connectivity index (χ0v) is 13.0. The molecule has 2 heterocycles. The molecular weight excluding hydrogens is 260 g/mol. The van der Waals surface area contributed by atoms with Gasteiger partial charge in [-0.1, -0.05) is 20.8 Å². The molecule has 0 bridgehead atoms. The molecular formula is C15H23ClN2O. The number of ether oxygens (including phenoxy) is 1. The quantitative estimate of drug-likeness (QED) is 0.796. The number of halogens is 1. The van der Waals surface area contributed by atoms with Crippen molar-refractivity contribution in [3.8, 4) is 5.88 Å². The van der Waals surface area contributed by atoms with Crippen LogP contribution in [0.2, 0.25) is 0 Å². The molecule has 0 spiro atoms. The Balaban J connectivity index is 2.20. The zero-order chi connectivity index (χ0) is 14.0. The first-order chi connectivity index (χ1) is 8.88. The average Bonchev–Trinajstić information content (AvgIpc) is 2.73. The second-order valence-electron chi connectivity index (χ2n) is 6.37. The molecule has 1 fully saturated rings. The summed E-state index contributed by atoms with van der Waals surface area (Å²) in [5, 5.41) is 0. The van der Waals surface area contributed by atoms with Crippen LogP contribution in [0.15, 0.2) is 12.1 Å². The minimum atomic E-state index is 0.00659. The van der Waals surface area contributed by atoms with Crippen LogP contribution in [0, 0.1) is 0 Å². The van der Waals surface area contributed by atoms with E-state index in [2.05, 4.69) is 43.8 Å². The number of rotatable bonds is 3. The van der Waals surface area contributed by atoms with E-state index >= 15 is 0 Å². The summed E-state index contributed by atoms with van der Waals surface area (Å²) in [5.74, 6) is 1.20. The van der Waals surface area contributed by atoms with E-state index in [1.54, 1.807) is 0 Å². The van der Waals surface area contributed by atoms with Gasteiger partial charge in [-0.3, -0.25) is 0 Å². The molecule has 1 aromatic rings. The van der Waals surface area contributed by atoms with Gasteiger partial charge in [0.2, 0.25) is 5.88 Å². The molecule has 0 radical (unpaired) electrons. The number of alkyl halides is 1. The van der Waals surface area contributed by atoms with Crippen LogP contribution >= 0.6 is 11.6 Å². The molecule has 2 rings (SSSR count). The van der Waals surface area contributed by atoms with Gasteiger partial charge in [0.05, 0.1) is 5.69 Å². The Kier molecular flexibility index (Phi) is 4.36. The Morgan fingerprint density at radius 2 is 2.16 bits per heavy atom. The summed E-state index contributed by atoms with van der Waals surface area (Å²) in [7, 11) is 2.12. The van der Waals surface area contributed by atoms with Gasteiger partial charge in [-0.05, 0) is 25.1 Å². The fraction of sp³-hybridized carbons (Fsp3) is 0.667. The number of aromatic nitrogens is 1. The maximum absolute atomic E-state index is 6.01. The van der Waals surface area contributed by atoms with Crippen molar-refractivity contribution >= 4 is 11.6 Å². The largest absolute Gasteiger partial charge is 0.473 e. The molecule has 19 heavy (non-hydrogen) atoms. The molecule has 1 aromatic heterocycles. The second-order valence-corrected chi connectivity index (χ2v) is 6.64. The van der Waals surface area contributed by atoms with Gasteiger partial charge >= 0.3 is 0 Å². The molecule has 1 aliphatic heterocycles. The molecule has 0 saturated carbocycles. The third kappa shape index (κ3) is 3.83. The van der Waals surface area contributed by atoms with Crippen LogP contribution in [0.4, 0.5) is 0 Å². The molecule has 0 aromatic carbocycles. The SMILES string of the molecule is CN1CCC(Oc2cc(CCl)cc(C(C)(C)C)n2)C1. The number of nitrogens with zero attached hydrogens (tertiary/aromatic N) is 2. The Hall–Kier alpha value is -0.800. The van der Waals surface area contributed by atoms with E-state index in [9.17, 15) is 0 Å². The standard InChI is InChI=1S/C15H23ClN2O/c1-15(2,3)13-7-11(9-16)8-14(17-13)19-12-5-6-18(4)10-12/h7-8,12H,5-6,9-10H2,1-4H3. The van der Waals surface area contributed by atoms with E-state index in [1.165, 1.54) is 0 Å². The van der Waals surface area contributed by atoms with Crippen molar-refractivity contribution in [2.45, 2.75) is 44.6 Å². The Labute approximate surface area is 120 Å². The van der Waals surface area contributed by atoms with Crippen molar-refractivity contribution in [1.82, 2.24) is 9.88 Å². The van der Waals surface area contributed by atoms with Crippen molar-refractivity contribution in [1.29, 1.82) is 0 Å². The van der Waals surface area contributed by atoms with Gasteiger partial charge in [0, 0.05) is 30.5 Å². The maximum atomic E-state index is 6.01. The first kappa shape index (κ1) is 14.6. The maximum Gasteiger partial charge on any atom is 0.214 e. The number of pyridine rings is 1. The normalized spacial score (nSPS) is 20.8. The van der Waals surface area contributed by atoms with Crippen molar-refractivity contribution in [3.05, 3.63) is 23.4 Å². The lowest BCUT2D eigenvalue weighted by molar-refractivity contribution is 0.199. The van der Waals surface area contributed by atoms with Crippen LogP contribution in [0.3, 0.4) is 0 Å². The van der Waals surface area contributed by atoms with E-state index in [1.807, 2.05) is 6.07 Å². The molecule has 1 saturated heterocycles. The third-order valence-corrected chi connectivity index (χ3v) is 3.73. The summed E-state index contributed by atoms with van der Waals surface area (Å²) in [6.45, 7) is 8.52. The van der Waals surface area contributed by atoms with Gasteiger partial charge in [0.1, 0.15) is 6.10 Å². The summed E-state index contributed by atoms with van der Waals surface area (Å²) in [5.41, 5.74) is 2.11. The topological polar surface area (TPSA) is 25.4 Å². The van der Waals surface area contributed by atoms with Crippen LogP contribution in [-0.4, -0.2) is 36.1 Å².